The molecule has 1 fully saturated rings. The van der Waals surface area contributed by atoms with Crippen molar-refractivity contribution in [1.82, 2.24) is 20.5 Å². The van der Waals surface area contributed by atoms with Gasteiger partial charge in [-0.05, 0) is 35.3 Å². The molecule has 1 aliphatic rings. The fourth-order valence-electron chi connectivity index (χ4n) is 4.43. The summed E-state index contributed by atoms with van der Waals surface area (Å²) in [7, 11) is 0. The van der Waals surface area contributed by atoms with Crippen LogP contribution in [0.5, 0.6) is 0 Å². The molecule has 2 N–H and O–H groups in total. The van der Waals surface area contributed by atoms with Crippen molar-refractivity contribution >= 4 is 28.5 Å². The van der Waals surface area contributed by atoms with Crippen LogP contribution in [0, 0.1) is 28.5 Å². The third-order valence-corrected chi connectivity index (χ3v) is 6.38. The number of nitriles is 1. The number of alkyl halides is 3. The molecule has 0 aliphatic carbocycles. The first-order valence-corrected chi connectivity index (χ1v) is 11.6. The third kappa shape index (κ3) is 5.98. The van der Waals surface area contributed by atoms with Crippen molar-refractivity contribution in [2.45, 2.75) is 58.4 Å². The maximum atomic E-state index is 13.6. The van der Waals surface area contributed by atoms with Crippen molar-refractivity contribution in [3.8, 4) is 6.07 Å². The summed E-state index contributed by atoms with van der Waals surface area (Å²) in [5.41, 5.74) is -0.772. The maximum Gasteiger partial charge on any atom is 0.471 e. The van der Waals surface area contributed by atoms with Crippen LogP contribution in [0.15, 0.2) is 30.6 Å². The average Bonchev–Trinajstić information content (AvgIpc) is 3.19. The topological polar surface area (TPSA) is 115 Å². The second-order valence-electron chi connectivity index (χ2n) is 10.2. The van der Waals surface area contributed by atoms with E-state index < -0.39 is 53.3 Å². The number of pyridine rings is 1. The lowest BCUT2D eigenvalue weighted by molar-refractivity contribution is -0.176. The minimum absolute atomic E-state index is 0.0822. The van der Waals surface area contributed by atoms with Crippen molar-refractivity contribution in [1.29, 1.82) is 5.26 Å². The fraction of sp³-hybridized carbons (Fsp3) is 0.480. The molecular weight excluding hydrogens is 494 g/mol. The summed E-state index contributed by atoms with van der Waals surface area (Å²) >= 11 is 0. The van der Waals surface area contributed by atoms with E-state index in [-0.39, 0.29) is 12.5 Å². The van der Waals surface area contributed by atoms with Crippen molar-refractivity contribution in [3.63, 3.8) is 0 Å². The zero-order valence-electron chi connectivity index (χ0n) is 20.7. The lowest BCUT2D eigenvalue weighted by Crippen LogP contribution is -2.60. The highest BCUT2D eigenvalue weighted by Gasteiger charge is 2.48. The van der Waals surface area contributed by atoms with E-state index in [1.54, 1.807) is 12.2 Å². The Morgan fingerprint density at radius 1 is 1.16 bits per heavy atom. The summed E-state index contributed by atoms with van der Waals surface area (Å²) in [5, 5.41) is 15.1. The van der Waals surface area contributed by atoms with Crippen LogP contribution in [0.3, 0.4) is 0 Å². The van der Waals surface area contributed by atoms with Crippen LogP contribution in [0.25, 0.3) is 10.8 Å². The number of amides is 3. The molecule has 37 heavy (non-hydrogen) atoms. The van der Waals surface area contributed by atoms with Crippen LogP contribution in [0.1, 0.15) is 45.7 Å². The molecule has 0 radical (unpaired) electrons. The normalized spacial score (nSPS) is 19.7. The van der Waals surface area contributed by atoms with Crippen LogP contribution in [-0.2, 0) is 14.4 Å². The Balaban J connectivity index is 1.88. The fourth-order valence-corrected chi connectivity index (χ4v) is 4.43. The Morgan fingerprint density at radius 2 is 1.84 bits per heavy atom. The van der Waals surface area contributed by atoms with Gasteiger partial charge in [0.1, 0.15) is 23.9 Å². The Labute approximate surface area is 211 Å². The molecule has 2 aromatic rings. The standard InChI is InChI=1S/C25H27F4N5O3/c1-13-7-8-34(22(36)20(24(2,3)4)33-23(37)25(27,28)29)19(13)21(35)32-18(10-30)17-12-31-11-14-9-15(26)5-6-16(14)17/h5-6,9,11-13,18-20H,7-8H2,1-4H3,(H,32,35)(H,33,37)/t13-,18?,19-,20+/m0/s1. The minimum Gasteiger partial charge on any atom is -0.336 e. The molecule has 3 rings (SSSR count). The van der Waals surface area contributed by atoms with Crippen LogP contribution >= 0.6 is 0 Å². The second-order valence-corrected chi connectivity index (χ2v) is 10.2. The van der Waals surface area contributed by atoms with Crippen molar-refractivity contribution in [2.75, 3.05) is 6.54 Å². The summed E-state index contributed by atoms with van der Waals surface area (Å²) in [4.78, 5) is 43.6. The number of aromatic nitrogens is 1. The lowest BCUT2D eigenvalue weighted by atomic mass is 9.85. The van der Waals surface area contributed by atoms with Crippen LogP contribution < -0.4 is 10.6 Å². The van der Waals surface area contributed by atoms with Crippen molar-refractivity contribution in [3.05, 3.63) is 42.0 Å². The molecule has 1 aromatic carbocycles. The van der Waals surface area contributed by atoms with E-state index in [1.165, 1.54) is 51.4 Å². The van der Waals surface area contributed by atoms with Gasteiger partial charge in [0.25, 0.3) is 0 Å². The van der Waals surface area contributed by atoms with Crippen LogP contribution in [0.4, 0.5) is 17.6 Å². The van der Waals surface area contributed by atoms with Gasteiger partial charge in [0.15, 0.2) is 0 Å². The molecule has 1 saturated heterocycles. The summed E-state index contributed by atoms with van der Waals surface area (Å²) in [6, 6.07) is 2.06. The highest BCUT2D eigenvalue weighted by atomic mass is 19.4. The number of fused-ring (bicyclic) bond motifs is 1. The highest BCUT2D eigenvalue weighted by Crippen LogP contribution is 2.31. The van der Waals surface area contributed by atoms with Gasteiger partial charge in [-0.15, -0.1) is 0 Å². The highest BCUT2D eigenvalue weighted by molar-refractivity contribution is 5.94. The molecule has 8 nitrogen and oxygen atoms in total. The number of nitrogens with one attached hydrogen (secondary N) is 2. The Hall–Kier alpha value is -3.75. The SMILES string of the molecule is C[C@H]1CCN(C(=O)[C@@H](NC(=O)C(F)(F)F)C(C)(C)C)[C@@H]1C(=O)NC(C#N)c1cncc2cc(F)ccc12. The van der Waals surface area contributed by atoms with E-state index in [9.17, 15) is 37.2 Å². The molecular formula is C25H27F4N5O3. The molecule has 198 valence electrons. The number of carbonyl (C=O) groups excluding carboxylic acids is 3. The van der Waals surface area contributed by atoms with Gasteiger partial charge < -0.3 is 15.5 Å². The predicted octanol–water partition coefficient (Wildman–Crippen LogP) is 3.38. The van der Waals surface area contributed by atoms with Gasteiger partial charge in [-0.3, -0.25) is 19.4 Å². The number of nitrogens with zero attached hydrogens (tertiary/aromatic N) is 3. The first-order chi connectivity index (χ1) is 17.1. The minimum atomic E-state index is -5.19. The van der Waals surface area contributed by atoms with Gasteiger partial charge in [-0.25, -0.2) is 4.39 Å². The van der Waals surface area contributed by atoms with E-state index in [2.05, 4.69) is 10.3 Å². The molecule has 1 aromatic heterocycles. The largest absolute Gasteiger partial charge is 0.471 e. The van der Waals surface area contributed by atoms with E-state index in [4.69, 9.17) is 0 Å². The first kappa shape index (κ1) is 27.8. The molecule has 12 heteroatoms. The zero-order chi connectivity index (χ0) is 27.7. The van der Waals surface area contributed by atoms with Gasteiger partial charge in [-0.2, -0.15) is 18.4 Å². The summed E-state index contributed by atoms with van der Waals surface area (Å²) in [6.45, 7) is 6.30. The lowest BCUT2D eigenvalue weighted by Gasteiger charge is -2.36. The van der Waals surface area contributed by atoms with Gasteiger partial charge in [0, 0.05) is 29.9 Å². The third-order valence-electron chi connectivity index (χ3n) is 6.38. The summed E-state index contributed by atoms with van der Waals surface area (Å²) in [5.74, 6) is -4.63. The number of halogens is 4. The van der Waals surface area contributed by atoms with Gasteiger partial charge >= 0.3 is 12.1 Å². The zero-order valence-corrected chi connectivity index (χ0v) is 20.7. The van der Waals surface area contributed by atoms with E-state index in [0.29, 0.717) is 22.8 Å². The molecule has 0 bridgehead atoms. The Morgan fingerprint density at radius 3 is 2.43 bits per heavy atom. The number of hydrogen-bond acceptors (Lipinski definition) is 5. The molecule has 3 amide bonds. The number of benzene rings is 1. The van der Waals surface area contributed by atoms with Gasteiger partial charge in [-0.1, -0.05) is 33.8 Å². The average molecular weight is 522 g/mol. The predicted molar refractivity (Wildman–Crippen MR) is 125 cm³/mol. The summed E-state index contributed by atoms with van der Waals surface area (Å²) < 4.78 is 52.4. The van der Waals surface area contributed by atoms with Crippen LogP contribution in [-0.4, -0.2) is 52.4 Å². The van der Waals surface area contributed by atoms with Crippen molar-refractivity contribution in [2.24, 2.45) is 11.3 Å². The monoisotopic (exact) mass is 521 g/mol. The van der Waals surface area contributed by atoms with E-state index in [1.807, 2.05) is 6.07 Å². The number of likely N-dealkylation sites (tertiary alicyclic amines) is 1. The van der Waals surface area contributed by atoms with E-state index >= 15 is 0 Å². The quantitative estimate of drug-likeness (QED) is 0.586. The van der Waals surface area contributed by atoms with Gasteiger partial charge in [0.2, 0.25) is 11.8 Å². The molecule has 2 heterocycles. The Kier molecular flexibility index (Phi) is 7.76. The molecule has 1 unspecified atom stereocenters. The van der Waals surface area contributed by atoms with Gasteiger partial charge in [0.05, 0.1) is 6.07 Å². The maximum absolute atomic E-state index is 13.6. The number of hydrogen-bond donors (Lipinski definition) is 2. The number of carbonyl (C=O) groups is 3. The Bertz CT molecular complexity index is 1250. The first-order valence-electron chi connectivity index (χ1n) is 11.6. The van der Waals surface area contributed by atoms with Crippen molar-refractivity contribution < 1.29 is 31.9 Å². The van der Waals surface area contributed by atoms with Crippen LogP contribution in [0.2, 0.25) is 0 Å². The van der Waals surface area contributed by atoms with E-state index in [0.717, 1.165) is 4.90 Å². The smallest absolute Gasteiger partial charge is 0.336 e. The molecule has 1 aliphatic heterocycles. The number of rotatable bonds is 5. The summed E-state index contributed by atoms with van der Waals surface area (Å²) in [6.07, 6.45) is -2.01. The molecule has 0 saturated carbocycles. The molecule has 4 atom stereocenters. The molecule has 0 spiro atoms. The second kappa shape index (κ2) is 10.3.